The van der Waals surface area contributed by atoms with Crippen LogP contribution in [-0.2, 0) is 14.8 Å². The Morgan fingerprint density at radius 3 is 2.21 bits per heavy atom. The van der Waals surface area contributed by atoms with E-state index in [4.69, 9.17) is 44.3 Å². The molecule has 0 heterocycles. The summed E-state index contributed by atoms with van der Waals surface area (Å²) in [6.07, 6.45) is 0. The molecule has 3 aromatic carbocycles. The third-order valence-electron chi connectivity index (χ3n) is 4.57. The Hall–Kier alpha value is -2.65. The van der Waals surface area contributed by atoms with Crippen molar-refractivity contribution in [2.24, 2.45) is 0 Å². The molecule has 0 unspecified atom stereocenters. The number of hydrogen-bond acceptors (Lipinski definition) is 5. The minimum atomic E-state index is -4.16. The quantitative estimate of drug-likeness (QED) is 0.417. The molecule has 0 aliphatic heterocycles. The second-order valence-corrected chi connectivity index (χ2v) is 9.69. The van der Waals surface area contributed by atoms with Gasteiger partial charge in [0.1, 0.15) is 18.0 Å². The van der Waals surface area contributed by atoms with Crippen molar-refractivity contribution in [3.05, 3.63) is 75.7 Å². The molecule has 1 N–H and O–H groups in total. The molecule has 0 atom stereocenters. The van der Waals surface area contributed by atoms with Crippen LogP contribution in [0.1, 0.15) is 0 Å². The van der Waals surface area contributed by atoms with Crippen molar-refractivity contribution in [3.63, 3.8) is 0 Å². The van der Waals surface area contributed by atoms with E-state index >= 15 is 0 Å². The summed E-state index contributed by atoms with van der Waals surface area (Å²) in [4.78, 5) is 13.0. The average molecular weight is 530 g/mol. The minimum absolute atomic E-state index is 0.00258. The highest BCUT2D eigenvalue weighted by molar-refractivity contribution is 7.92. The lowest BCUT2D eigenvalue weighted by atomic mass is 10.2. The van der Waals surface area contributed by atoms with Crippen LogP contribution in [0.2, 0.25) is 15.1 Å². The molecule has 0 bridgehead atoms. The first-order chi connectivity index (χ1) is 15.7. The van der Waals surface area contributed by atoms with Gasteiger partial charge in [0.15, 0.2) is 0 Å². The number of methoxy groups -OCH3 is 2. The Balaban J connectivity index is 2.01. The number of sulfonamides is 1. The van der Waals surface area contributed by atoms with Gasteiger partial charge in [-0.05, 0) is 24.3 Å². The van der Waals surface area contributed by atoms with E-state index < -0.39 is 22.5 Å². The van der Waals surface area contributed by atoms with Gasteiger partial charge < -0.3 is 14.8 Å². The van der Waals surface area contributed by atoms with Crippen LogP contribution in [0.25, 0.3) is 0 Å². The van der Waals surface area contributed by atoms with Crippen molar-refractivity contribution < 1.29 is 22.7 Å². The van der Waals surface area contributed by atoms with Crippen LogP contribution >= 0.6 is 34.8 Å². The van der Waals surface area contributed by atoms with E-state index in [1.807, 2.05) is 0 Å². The Bertz CT molecular complexity index is 1270. The predicted octanol–water partition coefficient (Wildman–Crippen LogP) is 5.50. The molecule has 0 aromatic heterocycles. The SMILES string of the molecule is COc1cc(NC(=O)CN(c2cccc(Cl)c2Cl)S(=O)(=O)c2ccccc2)c(OC)cc1Cl. The number of rotatable bonds is 8. The van der Waals surface area contributed by atoms with Gasteiger partial charge in [-0.15, -0.1) is 0 Å². The number of carbonyl (C=O) groups is 1. The molecule has 7 nitrogen and oxygen atoms in total. The fourth-order valence-corrected chi connectivity index (χ4v) is 5.12. The molecule has 0 radical (unpaired) electrons. The number of carbonyl (C=O) groups excluding carboxylic acids is 1. The lowest BCUT2D eigenvalue weighted by Crippen LogP contribution is -2.38. The predicted molar refractivity (Wildman–Crippen MR) is 131 cm³/mol. The molecule has 0 saturated heterocycles. The Morgan fingerprint density at radius 2 is 1.58 bits per heavy atom. The first kappa shape index (κ1) is 25.0. The van der Waals surface area contributed by atoms with Crippen LogP contribution in [0.15, 0.2) is 65.6 Å². The van der Waals surface area contributed by atoms with Gasteiger partial charge in [0.25, 0.3) is 10.0 Å². The molecule has 33 heavy (non-hydrogen) atoms. The first-order valence-corrected chi connectivity index (χ1v) is 12.0. The van der Waals surface area contributed by atoms with Gasteiger partial charge in [0.2, 0.25) is 5.91 Å². The zero-order chi connectivity index (χ0) is 24.2. The fraction of sp³-hybridized carbons (Fsp3) is 0.136. The molecule has 0 aliphatic carbocycles. The summed E-state index contributed by atoms with van der Waals surface area (Å²) in [5.41, 5.74) is 0.307. The number of ether oxygens (including phenoxy) is 2. The molecule has 0 saturated carbocycles. The second-order valence-electron chi connectivity index (χ2n) is 6.63. The number of benzene rings is 3. The van der Waals surface area contributed by atoms with E-state index in [1.165, 1.54) is 50.6 Å². The number of nitrogens with zero attached hydrogens (tertiary/aromatic N) is 1. The fourth-order valence-electron chi connectivity index (χ4n) is 2.98. The molecule has 1 amide bonds. The van der Waals surface area contributed by atoms with E-state index in [-0.39, 0.29) is 37.1 Å². The molecule has 3 rings (SSSR count). The molecular weight excluding hydrogens is 511 g/mol. The van der Waals surface area contributed by atoms with Crippen LogP contribution in [0, 0.1) is 0 Å². The number of halogens is 3. The van der Waals surface area contributed by atoms with Gasteiger partial charge in [0.05, 0.1) is 45.6 Å². The maximum Gasteiger partial charge on any atom is 0.264 e. The topological polar surface area (TPSA) is 84.9 Å². The van der Waals surface area contributed by atoms with E-state index in [2.05, 4.69) is 5.32 Å². The molecule has 11 heteroatoms. The van der Waals surface area contributed by atoms with E-state index in [0.717, 1.165) is 4.31 Å². The second kappa shape index (κ2) is 10.5. The van der Waals surface area contributed by atoms with Gasteiger partial charge in [-0.25, -0.2) is 8.42 Å². The maximum absolute atomic E-state index is 13.4. The number of amides is 1. The van der Waals surface area contributed by atoms with Crippen LogP contribution in [0.3, 0.4) is 0 Å². The van der Waals surface area contributed by atoms with Crippen molar-refractivity contribution >= 4 is 62.1 Å². The zero-order valence-electron chi connectivity index (χ0n) is 17.5. The number of nitrogens with one attached hydrogen (secondary N) is 1. The summed E-state index contributed by atoms with van der Waals surface area (Å²) < 4.78 is 38.2. The third-order valence-corrected chi connectivity index (χ3v) is 7.44. The lowest BCUT2D eigenvalue weighted by molar-refractivity contribution is -0.114. The summed E-state index contributed by atoms with van der Waals surface area (Å²) in [7, 11) is -1.33. The molecule has 174 valence electrons. The standard InChI is InChI=1S/C22H19Cl3N2O5S/c1-31-19-12-17(20(32-2)11-16(19)24)26-21(28)13-27(18-10-6-9-15(23)22(18)25)33(29,30)14-7-4-3-5-8-14/h3-12H,13H2,1-2H3,(H,26,28). The van der Waals surface area contributed by atoms with Crippen molar-refractivity contribution in [2.75, 3.05) is 30.4 Å². The van der Waals surface area contributed by atoms with Crippen molar-refractivity contribution in [3.8, 4) is 11.5 Å². The largest absolute Gasteiger partial charge is 0.495 e. The normalized spacial score (nSPS) is 11.1. The van der Waals surface area contributed by atoms with Gasteiger partial charge in [-0.3, -0.25) is 9.10 Å². The number of anilines is 2. The maximum atomic E-state index is 13.4. The molecule has 3 aromatic rings. The summed E-state index contributed by atoms with van der Waals surface area (Å²) in [6.45, 7) is -0.592. The molecule has 0 aliphatic rings. The summed E-state index contributed by atoms with van der Waals surface area (Å²) in [5.74, 6) is -0.0833. The van der Waals surface area contributed by atoms with Crippen LogP contribution in [0.4, 0.5) is 11.4 Å². The van der Waals surface area contributed by atoms with Crippen molar-refractivity contribution in [1.82, 2.24) is 0 Å². The Morgan fingerprint density at radius 1 is 0.909 bits per heavy atom. The van der Waals surface area contributed by atoms with E-state index in [9.17, 15) is 13.2 Å². The Kier molecular flexibility index (Phi) is 7.97. The summed E-state index contributed by atoms with van der Waals surface area (Å²) in [5, 5.41) is 3.06. The van der Waals surface area contributed by atoms with Crippen molar-refractivity contribution in [2.45, 2.75) is 4.90 Å². The zero-order valence-corrected chi connectivity index (χ0v) is 20.6. The van der Waals surface area contributed by atoms with Crippen LogP contribution in [-0.4, -0.2) is 35.1 Å². The number of hydrogen-bond donors (Lipinski definition) is 1. The van der Waals surface area contributed by atoms with E-state index in [0.29, 0.717) is 5.75 Å². The third kappa shape index (κ3) is 5.47. The molecule has 0 fully saturated rings. The van der Waals surface area contributed by atoms with Gasteiger partial charge in [-0.1, -0.05) is 59.1 Å². The van der Waals surface area contributed by atoms with Gasteiger partial charge >= 0.3 is 0 Å². The van der Waals surface area contributed by atoms with E-state index in [1.54, 1.807) is 24.3 Å². The van der Waals surface area contributed by atoms with Crippen LogP contribution in [0.5, 0.6) is 11.5 Å². The first-order valence-electron chi connectivity index (χ1n) is 9.42. The van der Waals surface area contributed by atoms with Crippen molar-refractivity contribution in [1.29, 1.82) is 0 Å². The smallest absolute Gasteiger partial charge is 0.264 e. The average Bonchev–Trinajstić information content (AvgIpc) is 2.80. The Labute approximate surface area is 206 Å². The molecule has 0 spiro atoms. The highest BCUT2D eigenvalue weighted by atomic mass is 35.5. The lowest BCUT2D eigenvalue weighted by Gasteiger charge is -2.25. The van der Waals surface area contributed by atoms with Gasteiger partial charge in [-0.2, -0.15) is 0 Å². The highest BCUT2D eigenvalue weighted by Gasteiger charge is 2.29. The summed E-state index contributed by atoms with van der Waals surface area (Å²) >= 11 is 18.5. The van der Waals surface area contributed by atoms with Gasteiger partial charge in [0, 0.05) is 12.1 Å². The highest BCUT2D eigenvalue weighted by Crippen LogP contribution is 2.37. The minimum Gasteiger partial charge on any atom is -0.495 e. The molecular formula is C22H19Cl3N2O5S. The monoisotopic (exact) mass is 528 g/mol. The van der Waals surface area contributed by atoms with Crippen LogP contribution < -0.4 is 19.1 Å². The summed E-state index contributed by atoms with van der Waals surface area (Å²) in [6, 6.07) is 15.2.